The van der Waals surface area contributed by atoms with Crippen LogP contribution in [-0.2, 0) is 18.9 Å². The second-order valence-electron chi connectivity index (χ2n) is 9.25. The number of halogens is 6. The summed E-state index contributed by atoms with van der Waals surface area (Å²) < 4.78 is 79.9. The van der Waals surface area contributed by atoms with Crippen molar-refractivity contribution in [1.82, 2.24) is 29.7 Å². The number of nitrogens with zero attached hydrogens (tertiary/aromatic N) is 6. The summed E-state index contributed by atoms with van der Waals surface area (Å²) >= 11 is 0. The normalized spacial score (nSPS) is 15.6. The van der Waals surface area contributed by atoms with Crippen molar-refractivity contribution < 1.29 is 26.3 Å². The maximum atomic E-state index is 13.6. The third-order valence-electron chi connectivity index (χ3n) is 6.43. The first kappa shape index (κ1) is 26.8. The molecule has 1 aliphatic rings. The number of piperazine rings is 1. The van der Waals surface area contributed by atoms with E-state index in [0.29, 0.717) is 29.5 Å². The van der Waals surface area contributed by atoms with Crippen molar-refractivity contribution in [3.63, 3.8) is 0 Å². The molecule has 3 aromatic heterocycles. The fraction of sp³-hybridized carbons (Fsp3) is 0.308. The zero-order valence-corrected chi connectivity index (χ0v) is 20.7. The zero-order chi connectivity index (χ0) is 27.8. The van der Waals surface area contributed by atoms with Crippen LogP contribution in [0.25, 0.3) is 22.2 Å². The lowest BCUT2D eigenvalue weighted by Gasteiger charge is -2.31. The fourth-order valence-electron chi connectivity index (χ4n) is 4.32. The number of pyridine rings is 2. The second kappa shape index (κ2) is 10.4. The number of fused-ring (bicyclic) bond motifs is 1. The number of hydrogen-bond acceptors (Lipinski definition) is 7. The first-order valence-corrected chi connectivity index (χ1v) is 12.0. The van der Waals surface area contributed by atoms with Gasteiger partial charge < -0.3 is 10.2 Å². The fourth-order valence-corrected chi connectivity index (χ4v) is 4.32. The maximum absolute atomic E-state index is 13.6. The SMILES string of the molecule is CN1CCN(Cc2nc(Nc3ccc(C(F)(F)F)cn3)c3ccc(-c4ncccc4C(F)(F)F)cc3n2)CC1. The number of alkyl halides is 6. The lowest BCUT2D eigenvalue weighted by atomic mass is 10.0. The number of hydrogen-bond donors (Lipinski definition) is 1. The van der Waals surface area contributed by atoms with Crippen LogP contribution in [0.3, 0.4) is 0 Å². The smallest absolute Gasteiger partial charge is 0.324 e. The van der Waals surface area contributed by atoms with Gasteiger partial charge in [0.25, 0.3) is 0 Å². The average Bonchev–Trinajstić information content (AvgIpc) is 2.89. The van der Waals surface area contributed by atoms with Gasteiger partial charge in [-0.2, -0.15) is 26.3 Å². The van der Waals surface area contributed by atoms with Gasteiger partial charge in [0, 0.05) is 49.5 Å². The Hall–Kier alpha value is -3.84. The van der Waals surface area contributed by atoms with Crippen molar-refractivity contribution in [2.24, 2.45) is 0 Å². The van der Waals surface area contributed by atoms with Crippen LogP contribution in [0.2, 0.25) is 0 Å². The highest BCUT2D eigenvalue weighted by Crippen LogP contribution is 2.37. The summed E-state index contributed by atoms with van der Waals surface area (Å²) in [7, 11) is 2.03. The molecular formula is C26H23F6N7. The van der Waals surface area contributed by atoms with Gasteiger partial charge in [-0.25, -0.2) is 15.0 Å². The molecule has 0 spiro atoms. The van der Waals surface area contributed by atoms with E-state index >= 15 is 0 Å². The van der Waals surface area contributed by atoms with E-state index in [1.165, 1.54) is 30.5 Å². The lowest BCUT2D eigenvalue weighted by molar-refractivity contribution is -0.138. The molecule has 1 fully saturated rings. The minimum atomic E-state index is -4.60. The van der Waals surface area contributed by atoms with Gasteiger partial charge in [0.1, 0.15) is 17.5 Å². The molecule has 1 aromatic carbocycles. The van der Waals surface area contributed by atoms with Crippen LogP contribution < -0.4 is 5.32 Å². The van der Waals surface area contributed by atoms with E-state index in [9.17, 15) is 26.3 Å². The van der Waals surface area contributed by atoms with Gasteiger partial charge >= 0.3 is 12.4 Å². The second-order valence-corrected chi connectivity index (χ2v) is 9.25. The molecule has 4 aromatic rings. The van der Waals surface area contributed by atoms with Gasteiger partial charge in [0.15, 0.2) is 0 Å². The number of rotatable bonds is 5. The number of aromatic nitrogens is 4. The summed E-state index contributed by atoms with van der Waals surface area (Å²) in [6.07, 6.45) is -7.12. The van der Waals surface area contributed by atoms with Gasteiger partial charge in [-0.15, -0.1) is 0 Å². The molecule has 39 heavy (non-hydrogen) atoms. The third kappa shape index (κ3) is 6.09. The highest BCUT2D eigenvalue weighted by Gasteiger charge is 2.34. The van der Waals surface area contributed by atoms with Crippen molar-refractivity contribution >= 4 is 22.5 Å². The molecule has 0 unspecified atom stereocenters. The summed E-state index contributed by atoms with van der Waals surface area (Å²) in [5.41, 5.74) is -1.41. The molecular weight excluding hydrogens is 524 g/mol. The Morgan fingerprint density at radius 3 is 2.31 bits per heavy atom. The first-order chi connectivity index (χ1) is 18.5. The maximum Gasteiger partial charge on any atom is 0.418 e. The molecule has 0 amide bonds. The van der Waals surface area contributed by atoms with E-state index in [4.69, 9.17) is 0 Å². The Kier molecular flexibility index (Phi) is 7.12. The Balaban J connectivity index is 1.56. The van der Waals surface area contributed by atoms with Crippen LogP contribution in [0.5, 0.6) is 0 Å². The largest absolute Gasteiger partial charge is 0.418 e. The molecule has 0 atom stereocenters. The molecule has 7 nitrogen and oxygen atoms in total. The summed E-state index contributed by atoms with van der Waals surface area (Å²) in [6.45, 7) is 3.67. The number of nitrogens with one attached hydrogen (secondary N) is 1. The lowest BCUT2D eigenvalue weighted by Crippen LogP contribution is -2.44. The molecule has 1 N–H and O–H groups in total. The summed E-state index contributed by atoms with van der Waals surface area (Å²) in [6, 6.07) is 8.83. The highest BCUT2D eigenvalue weighted by molar-refractivity contribution is 5.93. The van der Waals surface area contributed by atoms with Crippen LogP contribution in [0, 0.1) is 0 Å². The number of anilines is 2. The zero-order valence-electron chi connectivity index (χ0n) is 20.7. The Morgan fingerprint density at radius 2 is 1.64 bits per heavy atom. The van der Waals surface area contributed by atoms with E-state index in [-0.39, 0.29) is 22.9 Å². The van der Waals surface area contributed by atoms with Gasteiger partial charge in [-0.1, -0.05) is 6.07 Å². The molecule has 0 bridgehead atoms. The van der Waals surface area contributed by atoms with Crippen molar-refractivity contribution in [3.8, 4) is 11.3 Å². The summed E-state index contributed by atoms with van der Waals surface area (Å²) in [5, 5.41) is 3.42. The Labute approximate surface area is 219 Å². The van der Waals surface area contributed by atoms with Crippen LogP contribution in [0.15, 0.2) is 54.9 Å². The molecule has 204 valence electrons. The predicted octanol–water partition coefficient (Wildman–Crippen LogP) is 5.62. The van der Waals surface area contributed by atoms with Crippen molar-refractivity contribution in [3.05, 3.63) is 71.8 Å². The summed E-state index contributed by atoms with van der Waals surface area (Å²) in [4.78, 5) is 21.4. The van der Waals surface area contributed by atoms with Crippen LogP contribution in [-0.4, -0.2) is 63.0 Å². The van der Waals surface area contributed by atoms with Crippen LogP contribution >= 0.6 is 0 Å². The highest BCUT2D eigenvalue weighted by atomic mass is 19.4. The Morgan fingerprint density at radius 1 is 0.872 bits per heavy atom. The molecule has 1 saturated heterocycles. The molecule has 0 aliphatic carbocycles. The number of benzene rings is 1. The Bertz CT molecular complexity index is 1460. The molecule has 13 heteroatoms. The van der Waals surface area contributed by atoms with Crippen LogP contribution in [0.4, 0.5) is 38.0 Å². The minimum absolute atomic E-state index is 0.127. The van der Waals surface area contributed by atoms with Gasteiger partial charge in [0.2, 0.25) is 0 Å². The first-order valence-electron chi connectivity index (χ1n) is 12.0. The quantitative estimate of drug-likeness (QED) is 0.326. The standard InChI is InChI=1S/C26H23F6N7/c1-38-9-11-39(12-10-38)15-22-35-20-13-16(23-19(26(30,31)32)3-2-8-33-23)4-6-18(20)24(37-22)36-21-7-5-17(14-34-21)25(27,28)29/h2-8,13-14H,9-12,15H2,1H3,(H,34,35,36,37). The number of likely N-dealkylation sites (N-methyl/N-ethyl adjacent to an activating group) is 1. The molecule has 0 saturated carbocycles. The van der Waals surface area contributed by atoms with E-state index in [2.05, 4.69) is 35.1 Å². The monoisotopic (exact) mass is 547 g/mol. The average molecular weight is 548 g/mol. The van der Waals surface area contributed by atoms with Crippen LogP contribution in [0.1, 0.15) is 17.0 Å². The van der Waals surface area contributed by atoms with Crippen molar-refractivity contribution in [2.45, 2.75) is 18.9 Å². The van der Waals surface area contributed by atoms with Gasteiger partial charge in [0.05, 0.1) is 28.9 Å². The van der Waals surface area contributed by atoms with Crippen molar-refractivity contribution in [2.75, 3.05) is 38.5 Å². The molecule has 5 rings (SSSR count). The molecule has 0 radical (unpaired) electrons. The van der Waals surface area contributed by atoms with E-state index in [0.717, 1.165) is 38.3 Å². The van der Waals surface area contributed by atoms with Gasteiger partial charge in [-0.3, -0.25) is 9.88 Å². The topological polar surface area (TPSA) is 70.1 Å². The molecule has 1 aliphatic heterocycles. The van der Waals surface area contributed by atoms with E-state index in [1.54, 1.807) is 6.07 Å². The van der Waals surface area contributed by atoms with E-state index in [1.807, 2.05) is 7.05 Å². The summed E-state index contributed by atoms with van der Waals surface area (Å²) in [5.74, 6) is 0.817. The predicted molar refractivity (Wildman–Crippen MR) is 133 cm³/mol. The van der Waals surface area contributed by atoms with Gasteiger partial charge in [-0.05, 0) is 43.4 Å². The van der Waals surface area contributed by atoms with E-state index < -0.39 is 23.5 Å². The third-order valence-corrected chi connectivity index (χ3v) is 6.43. The van der Waals surface area contributed by atoms with Crippen molar-refractivity contribution in [1.29, 1.82) is 0 Å². The molecule has 4 heterocycles. The minimum Gasteiger partial charge on any atom is -0.324 e.